The van der Waals surface area contributed by atoms with E-state index in [1.807, 2.05) is 37.3 Å². The van der Waals surface area contributed by atoms with E-state index in [2.05, 4.69) is 4.90 Å². The van der Waals surface area contributed by atoms with Crippen LogP contribution in [-0.2, 0) is 10.2 Å². The minimum Gasteiger partial charge on any atom is -0.482 e. The second-order valence-corrected chi connectivity index (χ2v) is 10.1. The van der Waals surface area contributed by atoms with E-state index in [1.54, 1.807) is 6.07 Å². The topological polar surface area (TPSA) is 108 Å². The number of alkyl halides is 1. The number of hydrogen-bond acceptors (Lipinski definition) is 5. The van der Waals surface area contributed by atoms with Gasteiger partial charge in [0, 0.05) is 30.1 Å². The predicted molar refractivity (Wildman–Crippen MR) is 129 cm³/mol. The lowest BCUT2D eigenvalue weighted by Crippen LogP contribution is -2.55. The first kappa shape index (κ1) is 23.8. The Kier molecular flexibility index (Phi) is 6.05. The first-order valence-electron chi connectivity index (χ1n) is 12.2. The molecule has 2 fully saturated rings. The van der Waals surface area contributed by atoms with Crippen LogP contribution in [0.1, 0.15) is 51.6 Å². The van der Waals surface area contributed by atoms with Crippen molar-refractivity contribution in [2.24, 2.45) is 23.3 Å². The highest BCUT2D eigenvalue weighted by molar-refractivity contribution is 6.01. The fourth-order valence-corrected chi connectivity index (χ4v) is 6.14. The van der Waals surface area contributed by atoms with Gasteiger partial charge in [0.1, 0.15) is 12.4 Å². The van der Waals surface area contributed by atoms with Crippen molar-refractivity contribution < 1.29 is 23.5 Å². The van der Waals surface area contributed by atoms with Crippen molar-refractivity contribution in [3.05, 3.63) is 64.7 Å². The van der Waals surface area contributed by atoms with Crippen LogP contribution in [0.5, 0.6) is 5.75 Å². The summed E-state index contributed by atoms with van der Waals surface area (Å²) in [4.78, 5) is 26.9. The number of halogens is 1. The maximum Gasteiger partial charge on any atom is 0.252 e. The van der Waals surface area contributed by atoms with E-state index in [-0.39, 0.29) is 22.8 Å². The van der Waals surface area contributed by atoms with Gasteiger partial charge in [0.15, 0.2) is 5.60 Å². The lowest BCUT2D eigenvalue weighted by atomic mass is 9.63. The lowest BCUT2D eigenvalue weighted by Gasteiger charge is -2.42. The third kappa shape index (κ3) is 3.79. The largest absolute Gasteiger partial charge is 0.482 e. The number of ether oxygens (including phenoxy) is 2. The standard InChI is InChI=1S/C27H32FN3O4/c1-26(19-5-3-2-4-6-19)22-15-18(24(29)32)13-20(25(30)33)23(22)35-27(26,16-28)21-14-17(21)7-8-31-9-11-34-12-10-31/h2-6,13,15,17,21H,7-12,14,16H2,1H3,(H2,29,32)(H2,30,33). The Morgan fingerprint density at radius 1 is 1.11 bits per heavy atom. The number of nitrogens with two attached hydrogens (primary N) is 2. The second-order valence-electron chi connectivity index (χ2n) is 10.1. The van der Waals surface area contributed by atoms with Crippen molar-refractivity contribution in [2.45, 2.75) is 30.8 Å². The van der Waals surface area contributed by atoms with Gasteiger partial charge in [0.25, 0.3) is 5.91 Å². The molecule has 0 bridgehead atoms. The summed E-state index contributed by atoms with van der Waals surface area (Å²) >= 11 is 0. The van der Waals surface area contributed by atoms with Gasteiger partial charge in [-0.05, 0) is 49.9 Å². The normalized spacial score (nSPS) is 29.9. The number of morpholine rings is 1. The Balaban J connectivity index is 1.57. The highest BCUT2D eigenvalue weighted by atomic mass is 19.1. The average molecular weight is 482 g/mol. The summed E-state index contributed by atoms with van der Waals surface area (Å²) < 4.78 is 27.4. The molecule has 0 spiro atoms. The number of carbonyl (C=O) groups is 2. The molecule has 1 saturated heterocycles. The molecule has 7 nitrogen and oxygen atoms in total. The molecule has 2 amide bonds. The third-order valence-corrected chi connectivity index (χ3v) is 8.30. The fourth-order valence-electron chi connectivity index (χ4n) is 6.14. The Labute approximate surface area is 204 Å². The molecule has 3 aliphatic rings. The van der Waals surface area contributed by atoms with E-state index in [1.165, 1.54) is 6.07 Å². The van der Waals surface area contributed by atoms with E-state index in [0.29, 0.717) is 11.5 Å². The zero-order chi connectivity index (χ0) is 24.8. The molecule has 4 atom stereocenters. The molecule has 0 aromatic heterocycles. The Morgan fingerprint density at radius 3 is 2.46 bits per heavy atom. The van der Waals surface area contributed by atoms with Crippen LogP contribution in [0.25, 0.3) is 0 Å². The lowest BCUT2D eigenvalue weighted by molar-refractivity contribution is -0.0117. The van der Waals surface area contributed by atoms with Crippen molar-refractivity contribution >= 4 is 11.8 Å². The summed E-state index contributed by atoms with van der Waals surface area (Å²) in [5.74, 6) is -0.930. The molecule has 4 N–H and O–H groups in total. The molecule has 2 heterocycles. The van der Waals surface area contributed by atoms with E-state index in [9.17, 15) is 9.59 Å². The van der Waals surface area contributed by atoms with Gasteiger partial charge in [-0.2, -0.15) is 0 Å². The van der Waals surface area contributed by atoms with Gasteiger partial charge >= 0.3 is 0 Å². The van der Waals surface area contributed by atoms with E-state index in [0.717, 1.165) is 51.3 Å². The number of rotatable bonds is 8. The molecule has 2 aromatic rings. The van der Waals surface area contributed by atoms with Crippen LogP contribution < -0.4 is 16.2 Å². The second kappa shape index (κ2) is 8.91. The SMILES string of the molecule is CC1(c2ccccc2)c2cc(C(N)=O)cc(C(N)=O)c2OC1(CF)C1CC1CCN1CCOCC1. The monoisotopic (exact) mass is 481 g/mol. The molecule has 1 aliphatic carbocycles. The summed E-state index contributed by atoms with van der Waals surface area (Å²) in [5, 5.41) is 0. The van der Waals surface area contributed by atoms with Gasteiger partial charge in [-0.15, -0.1) is 0 Å². The van der Waals surface area contributed by atoms with Crippen molar-refractivity contribution in [3.8, 4) is 5.75 Å². The van der Waals surface area contributed by atoms with E-state index >= 15 is 4.39 Å². The van der Waals surface area contributed by atoms with Gasteiger partial charge in [-0.1, -0.05) is 30.3 Å². The van der Waals surface area contributed by atoms with Crippen molar-refractivity contribution in [2.75, 3.05) is 39.5 Å². The van der Waals surface area contributed by atoms with Crippen molar-refractivity contribution in [1.82, 2.24) is 4.90 Å². The molecule has 0 radical (unpaired) electrons. The number of carbonyl (C=O) groups excluding carboxylic acids is 2. The summed E-state index contributed by atoms with van der Waals surface area (Å²) in [5.41, 5.74) is 10.7. The molecular weight excluding hydrogens is 449 g/mol. The number of nitrogens with zero attached hydrogens (tertiary/aromatic N) is 1. The predicted octanol–water partition coefficient (Wildman–Crippen LogP) is 2.65. The van der Waals surface area contributed by atoms with E-state index < -0.39 is 29.5 Å². The van der Waals surface area contributed by atoms with E-state index in [4.69, 9.17) is 20.9 Å². The molecular formula is C27H32FN3O4. The Bertz CT molecular complexity index is 1140. The van der Waals surface area contributed by atoms with Gasteiger partial charge in [0.2, 0.25) is 5.91 Å². The van der Waals surface area contributed by atoms with Crippen LogP contribution in [0, 0.1) is 11.8 Å². The minimum absolute atomic E-state index is 0.0519. The maximum absolute atomic E-state index is 15.4. The minimum atomic E-state index is -1.23. The summed E-state index contributed by atoms with van der Waals surface area (Å²) in [6.07, 6.45) is 1.77. The van der Waals surface area contributed by atoms with Crippen LogP contribution in [0.4, 0.5) is 4.39 Å². The molecule has 35 heavy (non-hydrogen) atoms. The first-order chi connectivity index (χ1) is 16.8. The average Bonchev–Trinajstić information content (AvgIpc) is 3.61. The van der Waals surface area contributed by atoms with Gasteiger partial charge in [-0.25, -0.2) is 4.39 Å². The molecule has 1 saturated carbocycles. The quantitative estimate of drug-likeness (QED) is 0.603. The van der Waals surface area contributed by atoms with Crippen LogP contribution in [-0.4, -0.2) is 61.8 Å². The number of hydrogen-bond donors (Lipinski definition) is 2. The Morgan fingerprint density at radius 2 is 1.83 bits per heavy atom. The van der Waals surface area contributed by atoms with Crippen LogP contribution in [0.15, 0.2) is 42.5 Å². The molecule has 186 valence electrons. The van der Waals surface area contributed by atoms with Gasteiger partial charge in [0.05, 0.1) is 24.2 Å². The molecule has 8 heteroatoms. The van der Waals surface area contributed by atoms with Gasteiger partial charge < -0.3 is 20.9 Å². The maximum atomic E-state index is 15.4. The summed E-state index contributed by atoms with van der Waals surface area (Å²) in [6, 6.07) is 12.6. The number of benzene rings is 2. The van der Waals surface area contributed by atoms with Crippen LogP contribution in [0.3, 0.4) is 0 Å². The summed E-state index contributed by atoms with van der Waals surface area (Å²) in [7, 11) is 0. The first-order valence-corrected chi connectivity index (χ1v) is 12.2. The molecule has 2 aromatic carbocycles. The van der Waals surface area contributed by atoms with Crippen LogP contribution >= 0.6 is 0 Å². The van der Waals surface area contributed by atoms with Gasteiger partial charge in [-0.3, -0.25) is 14.5 Å². The van der Waals surface area contributed by atoms with Crippen molar-refractivity contribution in [3.63, 3.8) is 0 Å². The highest BCUT2D eigenvalue weighted by Gasteiger charge is 2.68. The third-order valence-electron chi connectivity index (χ3n) is 8.30. The molecule has 2 aliphatic heterocycles. The zero-order valence-electron chi connectivity index (χ0n) is 20.0. The molecule has 5 rings (SSSR count). The highest BCUT2D eigenvalue weighted by Crippen LogP contribution is 2.64. The number of primary amides is 2. The fraction of sp³-hybridized carbons (Fsp3) is 0.481. The molecule has 4 unspecified atom stereocenters. The number of amides is 2. The summed E-state index contributed by atoms with van der Waals surface area (Å²) in [6.45, 7) is 5.44. The van der Waals surface area contributed by atoms with Crippen LogP contribution in [0.2, 0.25) is 0 Å². The Hall–Kier alpha value is -2.97. The zero-order valence-corrected chi connectivity index (χ0v) is 20.0. The number of fused-ring (bicyclic) bond motifs is 1. The smallest absolute Gasteiger partial charge is 0.252 e. The van der Waals surface area contributed by atoms with Crippen molar-refractivity contribution in [1.29, 1.82) is 0 Å².